The summed E-state index contributed by atoms with van der Waals surface area (Å²) < 4.78 is 31.8. The van der Waals surface area contributed by atoms with Crippen molar-refractivity contribution in [2.75, 3.05) is 0 Å². The van der Waals surface area contributed by atoms with Gasteiger partial charge in [-0.15, -0.1) is 59.2 Å². The summed E-state index contributed by atoms with van der Waals surface area (Å²) in [6, 6.07) is 37.3. The van der Waals surface area contributed by atoms with Crippen LogP contribution in [-0.2, 0) is 26.5 Å². The van der Waals surface area contributed by atoms with Crippen molar-refractivity contribution in [1.29, 1.82) is 0 Å². The second-order valence-corrected chi connectivity index (χ2v) is 19.3. The van der Waals surface area contributed by atoms with Crippen LogP contribution in [0.2, 0.25) is 19.6 Å². The van der Waals surface area contributed by atoms with Crippen molar-refractivity contribution in [1.82, 2.24) is 9.97 Å². The van der Waals surface area contributed by atoms with Gasteiger partial charge in [0.2, 0.25) is 0 Å². The second-order valence-electron chi connectivity index (χ2n) is 13.2. The summed E-state index contributed by atoms with van der Waals surface area (Å²) in [5.41, 5.74) is 7.62. The van der Waals surface area contributed by atoms with Gasteiger partial charge in [-0.2, -0.15) is 11.3 Å². The van der Waals surface area contributed by atoms with Gasteiger partial charge in [-0.25, -0.2) is 4.39 Å². The third kappa shape index (κ3) is 7.90. The Morgan fingerprint density at radius 3 is 2.35 bits per heavy atom. The van der Waals surface area contributed by atoms with E-state index in [0.29, 0.717) is 11.5 Å². The van der Waals surface area contributed by atoms with E-state index >= 15 is 0 Å². The third-order valence-corrected chi connectivity index (χ3v) is 11.4. The molecule has 4 aromatic carbocycles. The number of fused-ring (bicyclic) bond motifs is 3. The minimum Gasteiger partial charge on any atom is -0.305 e. The van der Waals surface area contributed by atoms with Crippen molar-refractivity contribution in [3.8, 4) is 33.6 Å². The van der Waals surface area contributed by atoms with E-state index in [9.17, 15) is 4.39 Å². The number of rotatable bonds is 6. The first kappa shape index (κ1) is 32.7. The zero-order valence-electron chi connectivity index (χ0n) is 29.8. The first-order valence-corrected chi connectivity index (χ1v) is 20.2. The van der Waals surface area contributed by atoms with Crippen molar-refractivity contribution >= 4 is 44.8 Å². The molecule has 7 rings (SSSR count). The van der Waals surface area contributed by atoms with Crippen molar-refractivity contribution in [3.05, 3.63) is 139 Å². The summed E-state index contributed by atoms with van der Waals surface area (Å²) in [6.07, 6.45) is 4.83. The molecule has 0 aliphatic rings. The molecule has 0 unspecified atom stereocenters. The number of benzene rings is 4. The summed E-state index contributed by atoms with van der Waals surface area (Å²) in [7, 11) is -1.23. The van der Waals surface area contributed by atoms with E-state index in [4.69, 9.17) is 2.74 Å². The molecule has 0 atom stereocenters. The predicted molar refractivity (Wildman–Crippen MR) is 202 cm³/mol. The minimum atomic E-state index is -1.23. The summed E-state index contributed by atoms with van der Waals surface area (Å²) in [6.45, 7) is 10.3. The Bertz CT molecular complexity index is 2200. The van der Waals surface area contributed by atoms with E-state index < -0.39 is 14.9 Å². The number of halogens is 1. The Labute approximate surface area is 305 Å². The van der Waals surface area contributed by atoms with Gasteiger partial charge in [-0.1, -0.05) is 99.8 Å². The van der Waals surface area contributed by atoms with Gasteiger partial charge in [-0.05, 0) is 68.3 Å². The van der Waals surface area contributed by atoms with Crippen LogP contribution >= 0.6 is 11.3 Å². The van der Waals surface area contributed by atoms with Crippen LogP contribution < -0.4 is 5.19 Å². The molecule has 48 heavy (non-hydrogen) atoms. The van der Waals surface area contributed by atoms with Crippen molar-refractivity contribution in [2.45, 2.75) is 46.8 Å². The van der Waals surface area contributed by atoms with E-state index in [2.05, 4.69) is 79.9 Å². The molecule has 6 heteroatoms. The van der Waals surface area contributed by atoms with Crippen LogP contribution in [0.15, 0.2) is 109 Å². The summed E-state index contributed by atoms with van der Waals surface area (Å²) in [5, 5.41) is 3.32. The molecule has 3 aromatic heterocycles. The number of hydrogen-bond donors (Lipinski definition) is 0. The number of hydrogen-bond acceptors (Lipinski definition) is 3. The second kappa shape index (κ2) is 15.2. The van der Waals surface area contributed by atoms with Crippen molar-refractivity contribution < 1.29 is 27.2 Å². The van der Waals surface area contributed by atoms with Crippen LogP contribution in [0.3, 0.4) is 0 Å². The van der Waals surface area contributed by atoms with Gasteiger partial charge in [-0.3, -0.25) is 0 Å². The van der Waals surface area contributed by atoms with Gasteiger partial charge in [0.1, 0.15) is 5.82 Å². The number of thiophene rings is 1. The Balaban J connectivity index is 0.000000241. The molecule has 0 amide bonds. The molecule has 0 saturated heterocycles. The van der Waals surface area contributed by atoms with Gasteiger partial charge >= 0.3 is 0 Å². The zero-order valence-corrected chi connectivity index (χ0v) is 32.0. The van der Waals surface area contributed by atoms with Crippen molar-refractivity contribution in [2.24, 2.45) is 5.92 Å². The molecule has 0 fully saturated rings. The molecule has 0 aliphatic carbocycles. The Hall–Kier alpha value is -3.80. The average molecular weight is 845 g/mol. The Morgan fingerprint density at radius 1 is 0.875 bits per heavy atom. The average Bonchev–Trinajstić information content (AvgIpc) is 3.48. The molecule has 0 spiro atoms. The van der Waals surface area contributed by atoms with Gasteiger partial charge in [0.15, 0.2) is 0 Å². The van der Waals surface area contributed by atoms with Gasteiger partial charge in [0.05, 0.1) is 8.07 Å². The van der Waals surface area contributed by atoms with Crippen LogP contribution in [0.5, 0.6) is 0 Å². The van der Waals surface area contributed by atoms with E-state index in [1.807, 2.05) is 54.9 Å². The molecule has 2 nitrogen and oxygen atoms in total. The van der Waals surface area contributed by atoms with E-state index in [1.54, 1.807) is 29.5 Å². The smallest absolute Gasteiger partial charge is 0.123 e. The molecule has 0 bridgehead atoms. The number of aryl methyl sites for hydroxylation is 1. The predicted octanol–water partition coefficient (Wildman–Crippen LogP) is 11.3. The van der Waals surface area contributed by atoms with Crippen LogP contribution in [0.4, 0.5) is 4.39 Å². The maximum absolute atomic E-state index is 13.5. The van der Waals surface area contributed by atoms with Crippen LogP contribution in [-0.4, -0.2) is 18.0 Å². The van der Waals surface area contributed by atoms with Crippen LogP contribution in [0.25, 0.3) is 53.8 Å². The van der Waals surface area contributed by atoms with E-state index in [0.717, 1.165) is 60.2 Å². The molecule has 3 heterocycles. The molecule has 0 saturated carbocycles. The minimum absolute atomic E-state index is 0. The summed E-state index contributed by atoms with van der Waals surface area (Å²) >= 11 is 1.63. The summed E-state index contributed by atoms with van der Waals surface area (Å²) in [5.74, 6) is 0.279. The largest absolute Gasteiger partial charge is 0.305 e. The van der Waals surface area contributed by atoms with Crippen LogP contribution in [0, 0.1) is 30.7 Å². The van der Waals surface area contributed by atoms with Gasteiger partial charge in [0.25, 0.3) is 0 Å². The zero-order chi connectivity index (χ0) is 34.7. The maximum atomic E-state index is 13.5. The molecule has 245 valence electrons. The first-order chi connectivity index (χ1) is 23.5. The fourth-order valence-corrected chi connectivity index (χ4v) is 8.09. The van der Waals surface area contributed by atoms with Crippen LogP contribution in [0.1, 0.15) is 27.7 Å². The number of pyridine rings is 2. The topological polar surface area (TPSA) is 25.8 Å². The maximum Gasteiger partial charge on any atom is 0.123 e. The fraction of sp³-hybridized carbons (Fsp3) is 0.190. The Morgan fingerprint density at radius 2 is 1.69 bits per heavy atom. The number of aromatic nitrogens is 2. The SMILES string of the molecule is C[Si](C)(C)c1ccc(-c2[c-]cccc2)nc1.[2H]C([2H])c1c[c-]c(-c2cc(CC(C)C)ccn2)c2sc3c(-c4ccc(F)cc4)cccc3c12.[Ir]. The molecule has 1 radical (unpaired) electrons. The monoisotopic (exact) mass is 845 g/mol. The van der Waals surface area contributed by atoms with E-state index in [1.165, 1.54) is 22.9 Å². The fourth-order valence-electron chi connectivity index (χ4n) is 5.68. The normalized spacial score (nSPS) is 12.0. The molecular weight excluding hydrogens is 804 g/mol. The standard InChI is InChI=1S/C28H23FNS.C14H16NSi.Ir/c1-17(2)15-19-13-14-30-25(16-19)23-12-7-18(3)26-24-6-4-5-22(27(24)31-28(23)26)20-8-10-21(29)11-9-20;1-16(2,3)13-9-10-14(15-11-13)12-7-5-4-6-8-12;/h4-11,13-14,16-17H,15H2,1-3H3;4-7,9-11H,1-3H3;/q2*-1;/i3D2;;. The molecule has 7 aromatic rings. The van der Waals surface area contributed by atoms with Gasteiger partial charge in [0, 0.05) is 39.9 Å². The molecule has 0 N–H and O–H groups in total. The van der Waals surface area contributed by atoms with E-state index in [-0.39, 0.29) is 25.9 Å². The quantitative estimate of drug-likeness (QED) is 0.123. The van der Waals surface area contributed by atoms with Crippen molar-refractivity contribution in [3.63, 3.8) is 0 Å². The molecular formula is C42H39FIrN2SSi-2. The third-order valence-electron chi connectivity index (χ3n) is 8.10. The summed E-state index contributed by atoms with van der Waals surface area (Å²) in [4.78, 5) is 9.16. The number of nitrogens with zero attached hydrogens (tertiary/aromatic N) is 2. The first-order valence-electron chi connectivity index (χ1n) is 17.0. The Kier molecular flexibility index (Phi) is 10.3. The van der Waals surface area contributed by atoms with Gasteiger partial charge < -0.3 is 9.97 Å². The molecule has 0 aliphatic heterocycles.